The van der Waals surface area contributed by atoms with Crippen LogP contribution in [0.4, 0.5) is 13.2 Å². The Morgan fingerprint density at radius 2 is 1.95 bits per heavy atom. The predicted octanol–water partition coefficient (Wildman–Crippen LogP) is 2.80. The zero-order valence-electron chi connectivity index (χ0n) is 11.7. The molecular formula is C13H13F3O5S. The van der Waals surface area contributed by atoms with Gasteiger partial charge in [0.15, 0.2) is 0 Å². The highest BCUT2D eigenvalue weighted by Gasteiger charge is 2.48. The molecule has 0 bridgehead atoms. The van der Waals surface area contributed by atoms with Gasteiger partial charge in [0.05, 0.1) is 6.61 Å². The van der Waals surface area contributed by atoms with Gasteiger partial charge in [0.25, 0.3) is 0 Å². The van der Waals surface area contributed by atoms with Crippen LogP contribution < -0.4 is 4.18 Å². The number of hydrogen-bond acceptors (Lipinski definition) is 5. The van der Waals surface area contributed by atoms with E-state index in [2.05, 4.69) is 8.92 Å². The third-order valence-corrected chi connectivity index (χ3v) is 3.35. The van der Waals surface area contributed by atoms with Crippen LogP contribution in [-0.2, 0) is 19.6 Å². The summed E-state index contributed by atoms with van der Waals surface area (Å²) in [5.41, 5.74) is -4.86. The Kier molecular flexibility index (Phi) is 5.59. The summed E-state index contributed by atoms with van der Waals surface area (Å²) in [6, 6.07) is 3.75. The van der Waals surface area contributed by atoms with Gasteiger partial charge in [-0.25, -0.2) is 4.79 Å². The molecule has 0 aliphatic carbocycles. The minimum Gasteiger partial charge on any atom is -0.463 e. The lowest BCUT2D eigenvalue weighted by Gasteiger charge is -2.11. The summed E-state index contributed by atoms with van der Waals surface area (Å²) in [5, 5.41) is 0. The lowest BCUT2D eigenvalue weighted by atomic mass is 10.1. The van der Waals surface area contributed by atoms with Crippen molar-refractivity contribution < 1.29 is 35.3 Å². The molecule has 5 nitrogen and oxygen atoms in total. The van der Waals surface area contributed by atoms with Crippen LogP contribution in [0.2, 0.25) is 0 Å². The number of hydrogen-bond donors (Lipinski definition) is 0. The van der Waals surface area contributed by atoms with Crippen molar-refractivity contribution in [3.05, 3.63) is 35.4 Å². The second-order valence-corrected chi connectivity index (χ2v) is 5.63. The third kappa shape index (κ3) is 4.76. The maximum Gasteiger partial charge on any atom is 0.534 e. The third-order valence-electron chi connectivity index (χ3n) is 2.38. The van der Waals surface area contributed by atoms with Crippen LogP contribution in [0.15, 0.2) is 24.3 Å². The van der Waals surface area contributed by atoms with E-state index in [1.54, 1.807) is 6.92 Å². The lowest BCUT2D eigenvalue weighted by molar-refractivity contribution is -0.137. The summed E-state index contributed by atoms with van der Waals surface area (Å²) in [5.74, 6) is -1.01. The Hall–Kier alpha value is -2.03. The Labute approximate surface area is 125 Å². The zero-order chi connectivity index (χ0) is 17.0. The molecule has 0 fully saturated rings. The minimum atomic E-state index is -5.71. The molecule has 0 saturated carbocycles. The molecule has 0 aliphatic heterocycles. The van der Waals surface area contributed by atoms with Crippen molar-refractivity contribution in [2.45, 2.75) is 19.4 Å². The summed E-state index contributed by atoms with van der Waals surface area (Å²) < 4.78 is 67.3. The van der Waals surface area contributed by atoms with Crippen molar-refractivity contribution in [2.24, 2.45) is 0 Å². The second-order valence-electron chi connectivity index (χ2n) is 4.09. The first kappa shape index (κ1) is 18.0. The number of benzene rings is 1. The van der Waals surface area contributed by atoms with Crippen molar-refractivity contribution in [2.75, 3.05) is 6.61 Å². The van der Waals surface area contributed by atoms with Crippen molar-refractivity contribution in [1.29, 1.82) is 0 Å². The fourth-order valence-electron chi connectivity index (χ4n) is 1.39. The largest absolute Gasteiger partial charge is 0.534 e. The summed E-state index contributed by atoms with van der Waals surface area (Å²) in [6.07, 6.45) is 2.53. The molecular weight excluding hydrogens is 325 g/mol. The zero-order valence-corrected chi connectivity index (χ0v) is 12.5. The molecule has 0 radical (unpaired) electrons. The Morgan fingerprint density at radius 1 is 1.32 bits per heavy atom. The van der Waals surface area contributed by atoms with Crippen molar-refractivity contribution in [3.63, 3.8) is 0 Å². The molecule has 122 valence electrons. The number of carbonyl (C=O) groups is 1. The van der Waals surface area contributed by atoms with E-state index in [1.165, 1.54) is 25.1 Å². The number of ether oxygens (including phenoxy) is 1. The van der Waals surface area contributed by atoms with Gasteiger partial charge < -0.3 is 8.92 Å². The van der Waals surface area contributed by atoms with Gasteiger partial charge in [-0.2, -0.15) is 21.6 Å². The fourth-order valence-corrected chi connectivity index (χ4v) is 1.91. The van der Waals surface area contributed by atoms with Gasteiger partial charge >= 0.3 is 21.6 Å². The van der Waals surface area contributed by atoms with Crippen LogP contribution in [0.5, 0.6) is 5.75 Å². The number of esters is 1. The van der Waals surface area contributed by atoms with Gasteiger partial charge in [0.2, 0.25) is 0 Å². The van der Waals surface area contributed by atoms with Crippen LogP contribution in [0.25, 0.3) is 6.08 Å². The number of rotatable bonds is 5. The van der Waals surface area contributed by atoms with Crippen molar-refractivity contribution in [1.82, 2.24) is 0 Å². The van der Waals surface area contributed by atoms with E-state index in [-0.39, 0.29) is 12.2 Å². The number of carbonyl (C=O) groups excluding carboxylic acids is 1. The summed E-state index contributed by atoms with van der Waals surface area (Å²) in [6.45, 7) is 3.23. The first-order valence-corrected chi connectivity index (χ1v) is 7.44. The van der Waals surface area contributed by atoms with E-state index in [1.807, 2.05) is 0 Å². The molecule has 0 unspecified atom stereocenters. The molecule has 0 N–H and O–H groups in total. The number of alkyl halides is 3. The number of halogens is 3. The molecule has 1 rings (SSSR count). The average Bonchev–Trinajstić information content (AvgIpc) is 2.38. The Morgan fingerprint density at radius 3 is 2.45 bits per heavy atom. The van der Waals surface area contributed by atoms with Gasteiger partial charge in [-0.15, -0.1) is 0 Å². The smallest absolute Gasteiger partial charge is 0.463 e. The van der Waals surface area contributed by atoms with Crippen LogP contribution in [0, 0.1) is 6.92 Å². The highest BCUT2D eigenvalue weighted by atomic mass is 32.2. The molecule has 0 spiro atoms. The standard InChI is InChI=1S/C13H13F3O5S/c1-3-20-12(17)7-5-10-4-6-11(9(2)8-10)21-22(18,19)13(14,15)16/h4-8H,3H2,1-2H3/b7-5+. The van der Waals surface area contributed by atoms with Gasteiger partial charge in [-0.05, 0) is 43.2 Å². The Balaban J connectivity index is 2.94. The molecule has 0 heterocycles. The Bertz CT molecular complexity index is 677. The molecule has 0 amide bonds. The topological polar surface area (TPSA) is 69.7 Å². The van der Waals surface area contributed by atoms with Gasteiger partial charge in [-0.1, -0.05) is 6.07 Å². The van der Waals surface area contributed by atoms with E-state index in [9.17, 15) is 26.4 Å². The lowest BCUT2D eigenvalue weighted by Crippen LogP contribution is -2.28. The summed E-state index contributed by atoms with van der Waals surface area (Å²) >= 11 is 0. The summed E-state index contributed by atoms with van der Waals surface area (Å²) in [7, 11) is -5.71. The van der Waals surface area contributed by atoms with E-state index >= 15 is 0 Å². The van der Waals surface area contributed by atoms with Crippen LogP contribution in [0.3, 0.4) is 0 Å². The second kappa shape index (κ2) is 6.82. The molecule has 0 aliphatic rings. The van der Waals surface area contributed by atoms with Crippen LogP contribution >= 0.6 is 0 Å². The molecule has 1 aromatic carbocycles. The fraction of sp³-hybridized carbons (Fsp3) is 0.308. The molecule has 1 aromatic rings. The molecule has 22 heavy (non-hydrogen) atoms. The van der Waals surface area contributed by atoms with Crippen molar-refractivity contribution >= 4 is 22.2 Å². The van der Waals surface area contributed by atoms with Gasteiger partial charge in [0, 0.05) is 6.08 Å². The molecule has 0 saturated heterocycles. The van der Waals surface area contributed by atoms with Gasteiger partial charge in [0.1, 0.15) is 5.75 Å². The monoisotopic (exact) mass is 338 g/mol. The van der Waals surface area contributed by atoms with E-state index in [0.717, 1.165) is 12.1 Å². The summed E-state index contributed by atoms with van der Waals surface area (Å²) in [4.78, 5) is 11.1. The first-order valence-electron chi connectivity index (χ1n) is 6.03. The van der Waals surface area contributed by atoms with E-state index in [4.69, 9.17) is 0 Å². The first-order chi connectivity index (χ1) is 10.1. The predicted molar refractivity (Wildman–Crippen MR) is 72.4 cm³/mol. The molecule has 9 heteroatoms. The highest BCUT2D eigenvalue weighted by molar-refractivity contribution is 7.88. The van der Waals surface area contributed by atoms with E-state index in [0.29, 0.717) is 5.56 Å². The maximum atomic E-state index is 12.2. The van der Waals surface area contributed by atoms with Crippen LogP contribution in [-0.4, -0.2) is 26.5 Å². The highest BCUT2D eigenvalue weighted by Crippen LogP contribution is 2.29. The minimum absolute atomic E-state index is 0.166. The average molecular weight is 338 g/mol. The van der Waals surface area contributed by atoms with Crippen molar-refractivity contribution in [3.8, 4) is 5.75 Å². The van der Waals surface area contributed by atoms with Gasteiger partial charge in [-0.3, -0.25) is 0 Å². The SMILES string of the molecule is CCOC(=O)/C=C/c1ccc(OS(=O)(=O)C(F)(F)F)c(C)c1. The molecule has 0 atom stereocenters. The number of aryl methyl sites for hydroxylation is 1. The van der Waals surface area contributed by atoms with Crippen LogP contribution in [0.1, 0.15) is 18.1 Å². The normalized spacial score (nSPS) is 12.4. The quantitative estimate of drug-likeness (QED) is 0.357. The molecule has 0 aromatic heterocycles. The van der Waals surface area contributed by atoms with E-state index < -0.39 is 27.3 Å². The maximum absolute atomic E-state index is 12.2.